The Labute approximate surface area is 264 Å². The molecule has 0 spiro atoms. The predicted molar refractivity (Wildman–Crippen MR) is 177 cm³/mol. The van der Waals surface area contributed by atoms with Gasteiger partial charge in [0.1, 0.15) is 23.2 Å². The van der Waals surface area contributed by atoms with Gasteiger partial charge >= 0.3 is 0 Å². The van der Waals surface area contributed by atoms with Gasteiger partial charge in [0, 0.05) is 34.9 Å². The van der Waals surface area contributed by atoms with E-state index in [0.717, 1.165) is 52.1 Å². The lowest BCUT2D eigenvalue weighted by Gasteiger charge is -2.28. The zero-order chi connectivity index (χ0) is 29.9. The van der Waals surface area contributed by atoms with Crippen LogP contribution in [0.25, 0.3) is 28.0 Å². The molecule has 0 bridgehead atoms. The predicted octanol–water partition coefficient (Wildman–Crippen LogP) is 8.26. The third-order valence-corrected chi connectivity index (χ3v) is 7.79. The molecule has 0 unspecified atom stereocenters. The Kier molecular flexibility index (Phi) is 7.62. The lowest BCUT2D eigenvalue weighted by molar-refractivity contribution is 0.250. The zero-order valence-corrected chi connectivity index (χ0v) is 24.9. The fourth-order valence-corrected chi connectivity index (χ4v) is 5.72. The Balaban J connectivity index is 1.31. The van der Waals surface area contributed by atoms with Crippen molar-refractivity contribution in [3.63, 3.8) is 0 Å². The number of benzene rings is 2. The van der Waals surface area contributed by atoms with Crippen LogP contribution in [0.3, 0.4) is 0 Å². The number of fused-ring (bicyclic) bond motifs is 1. The van der Waals surface area contributed by atoms with Gasteiger partial charge in [-0.2, -0.15) is 5.10 Å². The molecule has 3 aromatic heterocycles. The number of nitrogens with zero attached hydrogens (tertiary/aromatic N) is 5. The number of halogens is 1. The Morgan fingerprint density at radius 2 is 1.93 bits per heavy atom. The number of hydrogen-bond donors (Lipinski definition) is 1. The molecule has 0 atom stereocenters. The molecule has 5 aromatic rings. The number of rotatable bonds is 7. The van der Waals surface area contributed by atoms with Crippen LogP contribution in [-0.4, -0.2) is 24.6 Å². The summed E-state index contributed by atoms with van der Waals surface area (Å²) in [6, 6.07) is 23.3. The summed E-state index contributed by atoms with van der Waals surface area (Å²) < 4.78 is 13.1. The maximum atomic E-state index is 6.40. The maximum absolute atomic E-state index is 6.40. The van der Waals surface area contributed by atoms with E-state index in [1.54, 1.807) is 12.5 Å². The van der Waals surface area contributed by atoms with Gasteiger partial charge in [0.2, 0.25) is 11.8 Å². The van der Waals surface area contributed by atoms with Crippen molar-refractivity contribution in [2.24, 2.45) is 0 Å². The minimum Gasteiger partial charge on any atom is -0.464 e. The molecule has 0 saturated heterocycles. The summed E-state index contributed by atoms with van der Waals surface area (Å²) >= 11 is 12.1. The van der Waals surface area contributed by atoms with Crippen LogP contribution < -0.4 is 10.2 Å². The van der Waals surface area contributed by atoms with Gasteiger partial charge in [-0.25, -0.2) is 19.4 Å². The SMILES string of the molecule is S=C(Nc1cccc(-c2nn3ccccc3c2-c2ccnc(N(C3=CC=CCC3)C3=COC=CO3)n2)c1)c1ccccc1Cl. The summed E-state index contributed by atoms with van der Waals surface area (Å²) in [6.45, 7) is 0. The topological polar surface area (TPSA) is 76.8 Å². The number of thiocarbonyl (C=S) groups is 1. The van der Waals surface area contributed by atoms with Crippen LogP contribution in [0.4, 0.5) is 11.6 Å². The number of pyridine rings is 1. The molecule has 0 amide bonds. The summed E-state index contributed by atoms with van der Waals surface area (Å²) in [6.07, 6.45) is 16.1. The van der Waals surface area contributed by atoms with Gasteiger partial charge in [-0.05, 0) is 55.3 Å². The van der Waals surface area contributed by atoms with Crippen molar-refractivity contribution >= 4 is 46.0 Å². The van der Waals surface area contributed by atoms with Crippen LogP contribution in [0, 0.1) is 0 Å². The first kappa shape index (κ1) is 27.6. The van der Waals surface area contributed by atoms with Gasteiger partial charge in [0.15, 0.2) is 6.26 Å². The van der Waals surface area contributed by atoms with Crippen molar-refractivity contribution in [3.05, 3.63) is 144 Å². The molecule has 216 valence electrons. The van der Waals surface area contributed by atoms with E-state index in [1.165, 1.54) is 12.5 Å². The molecule has 10 heteroatoms. The normalized spacial score (nSPS) is 13.9. The summed E-state index contributed by atoms with van der Waals surface area (Å²) in [5.41, 5.74) is 6.71. The van der Waals surface area contributed by atoms with E-state index >= 15 is 0 Å². The van der Waals surface area contributed by atoms with E-state index in [9.17, 15) is 0 Å². The Bertz CT molecular complexity index is 2010. The van der Waals surface area contributed by atoms with E-state index in [4.69, 9.17) is 43.4 Å². The highest BCUT2D eigenvalue weighted by atomic mass is 35.5. The second-order valence-electron chi connectivity index (χ2n) is 9.95. The number of nitrogens with one attached hydrogen (secondary N) is 1. The third-order valence-electron chi connectivity index (χ3n) is 7.14. The molecule has 4 heterocycles. The van der Waals surface area contributed by atoms with Crippen molar-refractivity contribution < 1.29 is 9.47 Å². The highest BCUT2D eigenvalue weighted by Crippen LogP contribution is 2.37. The fraction of sp³-hybridized carbons (Fsp3) is 0.0588. The largest absolute Gasteiger partial charge is 0.464 e. The molecule has 7 rings (SSSR count). The molecular weight excluding hydrogens is 592 g/mol. The van der Waals surface area contributed by atoms with Gasteiger partial charge in [-0.3, -0.25) is 0 Å². The molecule has 0 saturated carbocycles. The number of hydrogen-bond acceptors (Lipinski definition) is 7. The van der Waals surface area contributed by atoms with Crippen molar-refractivity contribution in [2.45, 2.75) is 12.8 Å². The average Bonchev–Trinajstić information content (AvgIpc) is 3.46. The molecule has 0 fully saturated rings. The zero-order valence-electron chi connectivity index (χ0n) is 23.3. The van der Waals surface area contributed by atoms with E-state index in [1.807, 2.05) is 101 Å². The van der Waals surface area contributed by atoms with Gasteiger partial charge in [-0.1, -0.05) is 72.4 Å². The maximum Gasteiger partial charge on any atom is 0.242 e. The van der Waals surface area contributed by atoms with Crippen LogP contribution in [0.15, 0.2) is 134 Å². The molecule has 8 nitrogen and oxygen atoms in total. The third kappa shape index (κ3) is 5.46. The van der Waals surface area contributed by atoms with Crippen molar-refractivity contribution in [1.29, 1.82) is 0 Å². The first-order valence-electron chi connectivity index (χ1n) is 14.0. The van der Waals surface area contributed by atoms with E-state index in [2.05, 4.69) is 16.4 Å². The standard InChI is InChI=1S/C34H25ClN6O2S/c35-27-14-5-4-13-26(27)33(44)37-24-10-8-9-23(21-24)32-31(29-15-6-7-18-40(29)39-32)28-16-17-36-34(38-28)41(25-11-2-1-3-12-25)30-22-42-19-20-43-30/h1-2,4-11,13-22H,3,12H2,(H,37,44). The van der Waals surface area contributed by atoms with Crippen molar-refractivity contribution in [2.75, 3.05) is 10.2 Å². The quantitative estimate of drug-likeness (QED) is 0.183. The number of ether oxygens (including phenoxy) is 2. The molecule has 2 aliphatic rings. The summed E-state index contributed by atoms with van der Waals surface area (Å²) in [5.74, 6) is 0.926. The van der Waals surface area contributed by atoms with Gasteiger partial charge < -0.3 is 14.8 Å². The Hall–Kier alpha value is -5.25. The Morgan fingerprint density at radius 3 is 2.77 bits per heavy atom. The smallest absolute Gasteiger partial charge is 0.242 e. The van der Waals surface area contributed by atoms with Crippen LogP contribution in [0.5, 0.6) is 0 Å². The van der Waals surface area contributed by atoms with Gasteiger partial charge in [0.25, 0.3) is 0 Å². The van der Waals surface area contributed by atoms with Crippen molar-refractivity contribution in [3.8, 4) is 22.5 Å². The number of anilines is 2. The molecule has 1 aliphatic heterocycles. The molecule has 44 heavy (non-hydrogen) atoms. The molecule has 0 radical (unpaired) electrons. The molecule has 1 aliphatic carbocycles. The molecular formula is C34H25ClN6O2S. The number of allylic oxidation sites excluding steroid dienone is 4. The first-order valence-corrected chi connectivity index (χ1v) is 14.7. The lowest BCUT2D eigenvalue weighted by atomic mass is 10.0. The minimum absolute atomic E-state index is 0.455. The lowest BCUT2D eigenvalue weighted by Crippen LogP contribution is -2.26. The van der Waals surface area contributed by atoms with Crippen molar-refractivity contribution in [1.82, 2.24) is 19.6 Å². The van der Waals surface area contributed by atoms with E-state index in [-0.39, 0.29) is 0 Å². The highest BCUT2D eigenvalue weighted by Gasteiger charge is 2.25. The van der Waals surface area contributed by atoms with Crippen LogP contribution >= 0.6 is 23.8 Å². The number of aromatic nitrogens is 4. The fourth-order valence-electron chi connectivity index (χ4n) is 5.14. The van der Waals surface area contributed by atoms with Crippen LogP contribution in [0.1, 0.15) is 18.4 Å². The van der Waals surface area contributed by atoms with Gasteiger partial charge in [-0.15, -0.1) is 0 Å². The summed E-state index contributed by atoms with van der Waals surface area (Å²) in [5, 5.41) is 8.90. The second kappa shape index (κ2) is 12.2. The summed E-state index contributed by atoms with van der Waals surface area (Å²) in [7, 11) is 0. The average molecular weight is 617 g/mol. The molecule has 1 N–H and O–H groups in total. The Morgan fingerprint density at radius 1 is 1.02 bits per heavy atom. The summed E-state index contributed by atoms with van der Waals surface area (Å²) in [4.78, 5) is 12.1. The van der Waals surface area contributed by atoms with Crippen LogP contribution in [-0.2, 0) is 9.47 Å². The highest BCUT2D eigenvalue weighted by molar-refractivity contribution is 7.81. The van der Waals surface area contributed by atoms with Crippen LogP contribution in [0.2, 0.25) is 5.02 Å². The first-order chi connectivity index (χ1) is 21.7. The van der Waals surface area contributed by atoms with E-state index < -0.39 is 0 Å². The van der Waals surface area contributed by atoms with Gasteiger partial charge in [0.05, 0.1) is 21.8 Å². The van der Waals surface area contributed by atoms with E-state index in [0.29, 0.717) is 27.5 Å². The monoisotopic (exact) mass is 616 g/mol. The minimum atomic E-state index is 0.455. The second-order valence-corrected chi connectivity index (χ2v) is 10.8. The molecule has 2 aromatic carbocycles.